The van der Waals surface area contributed by atoms with Gasteiger partial charge in [0.1, 0.15) is 16.4 Å². The van der Waals surface area contributed by atoms with E-state index in [1.165, 1.54) is 31.5 Å². The van der Waals surface area contributed by atoms with E-state index in [-0.39, 0.29) is 22.9 Å². The lowest BCUT2D eigenvalue weighted by Crippen LogP contribution is -2.39. The summed E-state index contributed by atoms with van der Waals surface area (Å²) in [6.45, 7) is 1.32. The summed E-state index contributed by atoms with van der Waals surface area (Å²) in [5, 5.41) is 13.4. The van der Waals surface area contributed by atoms with Crippen LogP contribution in [0.3, 0.4) is 0 Å². The molecule has 0 radical (unpaired) electrons. The molecule has 1 amide bonds. The summed E-state index contributed by atoms with van der Waals surface area (Å²) in [7, 11) is -2.68. The molecule has 0 aromatic heterocycles. The molecule has 0 heterocycles. The molecular weight excluding hydrogens is 442 g/mol. The van der Waals surface area contributed by atoms with Crippen molar-refractivity contribution < 1.29 is 23.1 Å². The zero-order valence-corrected chi connectivity index (χ0v) is 19.1. The van der Waals surface area contributed by atoms with Gasteiger partial charge in [-0.15, -0.1) is 0 Å². The number of hydrogen-bond donors (Lipinski definition) is 2. The Bertz CT molecular complexity index is 1240. The van der Waals surface area contributed by atoms with Crippen LogP contribution in [0.15, 0.2) is 82.8 Å². The summed E-state index contributed by atoms with van der Waals surface area (Å²) in [5.41, 5.74) is 4.39. The molecule has 0 saturated heterocycles. The predicted octanol–water partition coefficient (Wildman–Crippen LogP) is 3.05. The van der Waals surface area contributed by atoms with E-state index in [2.05, 4.69) is 10.5 Å². The van der Waals surface area contributed by atoms with Gasteiger partial charge in [-0.1, -0.05) is 48.5 Å². The first-order valence-electron chi connectivity index (χ1n) is 10.1. The topological polar surface area (TPSA) is 108 Å². The number of phenolic OH excluding ortho intramolecular Hbond substituents is 1. The maximum Gasteiger partial charge on any atom is 0.255 e. The Hall–Kier alpha value is -3.69. The molecule has 0 fully saturated rings. The van der Waals surface area contributed by atoms with Crippen LogP contribution in [0.2, 0.25) is 0 Å². The molecule has 2 N–H and O–H groups in total. The summed E-state index contributed by atoms with van der Waals surface area (Å²) in [4.78, 5) is 12.6. The van der Waals surface area contributed by atoms with Gasteiger partial charge in [0.15, 0.2) is 0 Å². The predicted molar refractivity (Wildman–Crippen MR) is 126 cm³/mol. The lowest BCUT2D eigenvalue weighted by molar-refractivity contribution is -0.121. The first kappa shape index (κ1) is 24.0. The van der Waals surface area contributed by atoms with Crippen LogP contribution in [0.5, 0.6) is 11.5 Å². The van der Waals surface area contributed by atoms with Crippen LogP contribution in [-0.4, -0.2) is 43.6 Å². The molecule has 0 unspecified atom stereocenters. The van der Waals surface area contributed by atoms with E-state index < -0.39 is 22.5 Å². The lowest BCUT2D eigenvalue weighted by Gasteiger charge is -2.23. The monoisotopic (exact) mass is 467 g/mol. The molecule has 0 saturated carbocycles. The number of carbonyl (C=O) groups excluding carboxylic acids is 1. The average molecular weight is 468 g/mol. The van der Waals surface area contributed by atoms with Crippen molar-refractivity contribution in [2.75, 3.05) is 13.7 Å². The van der Waals surface area contributed by atoms with Crippen molar-refractivity contribution in [3.63, 3.8) is 0 Å². The Kier molecular flexibility index (Phi) is 7.81. The van der Waals surface area contributed by atoms with Crippen molar-refractivity contribution in [1.29, 1.82) is 0 Å². The third-order valence-electron chi connectivity index (χ3n) is 4.73. The minimum atomic E-state index is -4.08. The Labute approximate surface area is 193 Å². The highest BCUT2D eigenvalue weighted by molar-refractivity contribution is 7.89. The number of aryl methyl sites for hydroxylation is 1. The van der Waals surface area contributed by atoms with Crippen molar-refractivity contribution in [1.82, 2.24) is 9.73 Å². The number of rotatable bonds is 9. The molecule has 0 aliphatic heterocycles. The molecule has 0 spiro atoms. The molecular formula is C24H25N3O5S. The van der Waals surface area contributed by atoms with E-state index in [9.17, 15) is 18.3 Å². The first-order valence-corrected chi connectivity index (χ1v) is 11.5. The van der Waals surface area contributed by atoms with Gasteiger partial charge in [-0.2, -0.15) is 9.41 Å². The number of benzene rings is 3. The molecule has 0 atom stereocenters. The molecule has 0 bridgehead atoms. The molecule has 33 heavy (non-hydrogen) atoms. The zero-order valence-electron chi connectivity index (χ0n) is 18.3. The molecule has 9 heteroatoms. The summed E-state index contributed by atoms with van der Waals surface area (Å²) >= 11 is 0. The average Bonchev–Trinajstić information content (AvgIpc) is 2.79. The second-order valence-corrected chi connectivity index (χ2v) is 9.21. The molecule has 3 aromatic carbocycles. The van der Waals surface area contributed by atoms with Gasteiger partial charge < -0.3 is 9.84 Å². The van der Waals surface area contributed by atoms with E-state index in [1.807, 2.05) is 6.07 Å². The number of phenols is 1. The second-order valence-electron chi connectivity index (χ2n) is 7.30. The minimum Gasteiger partial charge on any atom is -0.508 e. The van der Waals surface area contributed by atoms with Gasteiger partial charge in [-0.25, -0.2) is 13.8 Å². The number of nitrogens with zero attached hydrogens (tertiary/aromatic N) is 2. The van der Waals surface area contributed by atoms with Crippen LogP contribution in [0, 0.1) is 6.92 Å². The number of aromatic hydroxyl groups is 1. The van der Waals surface area contributed by atoms with E-state index in [4.69, 9.17) is 4.74 Å². The fraction of sp³-hybridized carbons (Fsp3) is 0.167. The number of carbonyl (C=O) groups is 1. The second kappa shape index (κ2) is 10.8. The van der Waals surface area contributed by atoms with Crippen LogP contribution in [0.25, 0.3) is 0 Å². The van der Waals surface area contributed by atoms with Crippen molar-refractivity contribution >= 4 is 22.1 Å². The lowest BCUT2D eigenvalue weighted by atomic mass is 10.2. The van der Waals surface area contributed by atoms with Crippen LogP contribution >= 0.6 is 0 Å². The van der Waals surface area contributed by atoms with Crippen molar-refractivity contribution in [3.05, 3.63) is 89.5 Å². The minimum absolute atomic E-state index is 0.00996. The van der Waals surface area contributed by atoms with Crippen molar-refractivity contribution in [3.8, 4) is 11.5 Å². The maximum absolute atomic E-state index is 13.5. The third-order valence-corrected chi connectivity index (χ3v) is 6.54. The molecule has 8 nitrogen and oxygen atoms in total. The quantitative estimate of drug-likeness (QED) is 0.371. The van der Waals surface area contributed by atoms with Gasteiger partial charge >= 0.3 is 0 Å². The van der Waals surface area contributed by atoms with Crippen LogP contribution in [0.1, 0.15) is 16.7 Å². The number of amides is 1. The van der Waals surface area contributed by atoms with Gasteiger partial charge in [0.25, 0.3) is 5.91 Å². The summed E-state index contributed by atoms with van der Waals surface area (Å²) in [6.07, 6.45) is 1.36. The third kappa shape index (κ3) is 6.41. The Morgan fingerprint density at radius 1 is 1.09 bits per heavy atom. The van der Waals surface area contributed by atoms with Crippen LogP contribution in [0.4, 0.5) is 0 Å². The standard InChI is InChI=1S/C24H25N3O5S/c1-18-11-12-22(32-2)23(13-18)33(30,31)27(16-19-7-4-3-5-8-19)17-24(29)26-25-15-20-9-6-10-21(28)14-20/h3-15,28H,16-17H2,1-2H3,(H,26,29)/b25-15+. The van der Waals surface area contributed by atoms with Crippen molar-refractivity contribution in [2.24, 2.45) is 5.10 Å². The highest BCUT2D eigenvalue weighted by Crippen LogP contribution is 2.28. The van der Waals surface area contributed by atoms with Gasteiger partial charge in [-0.3, -0.25) is 4.79 Å². The molecule has 3 aromatic rings. The maximum atomic E-state index is 13.5. The Balaban J connectivity index is 1.85. The van der Waals surface area contributed by atoms with E-state index in [0.29, 0.717) is 5.56 Å². The first-order chi connectivity index (χ1) is 15.8. The Morgan fingerprint density at radius 3 is 2.55 bits per heavy atom. The number of hydrogen-bond acceptors (Lipinski definition) is 6. The largest absolute Gasteiger partial charge is 0.508 e. The molecule has 3 rings (SSSR count). The van der Waals surface area contributed by atoms with Gasteiger partial charge in [0.2, 0.25) is 10.0 Å². The van der Waals surface area contributed by atoms with E-state index >= 15 is 0 Å². The number of methoxy groups -OCH3 is 1. The summed E-state index contributed by atoms with van der Waals surface area (Å²) < 4.78 is 33.4. The van der Waals surface area contributed by atoms with Gasteiger partial charge in [0.05, 0.1) is 19.9 Å². The summed E-state index contributed by atoms with van der Waals surface area (Å²) in [5.74, 6) is -0.351. The molecule has 0 aliphatic carbocycles. The van der Waals surface area contributed by atoms with Crippen LogP contribution < -0.4 is 10.2 Å². The van der Waals surface area contributed by atoms with E-state index in [1.54, 1.807) is 55.5 Å². The number of sulfonamides is 1. The smallest absolute Gasteiger partial charge is 0.255 e. The SMILES string of the molecule is COc1ccc(C)cc1S(=O)(=O)N(CC(=O)N/N=C/c1cccc(O)c1)Cc1ccccc1. The fourth-order valence-electron chi connectivity index (χ4n) is 3.12. The number of hydrazone groups is 1. The highest BCUT2D eigenvalue weighted by atomic mass is 32.2. The normalized spacial score (nSPS) is 11.6. The van der Waals surface area contributed by atoms with Gasteiger partial charge in [0, 0.05) is 6.54 Å². The zero-order chi connectivity index (χ0) is 23.8. The van der Waals surface area contributed by atoms with Crippen LogP contribution in [-0.2, 0) is 21.4 Å². The number of nitrogens with one attached hydrogen (secondary N) is 1. The number of ether oxygens (including phenoxy) is 1. The summed E-state index contributed by atoms with van der Waals surface area (Å²) in [6, 6.07) is 20.2. The Morgan fingerprint density at radius 2 is 1.85 bits per heavy atom. The van der Waals surface area contributed by atoms with Crippen molar-refractivity contribution in [2.45, 2.75) is 18.4 Å². The molecule has 172 valence electrons. The van der Waals surface area contributed by atoms with Gasteiger partial charge in [-0.05, 0) is 47.9 Å². The highest BCUT2D eigenvalue weighted by Gasteiger charge is 2.30. The molecule has 0 aliphatic rings. The fourth-order valence-corrected chi connectivity index (χ4v) is 4.74. The van der Waals surface area contributed by atoms with E-state index in [0.717, 1.165) is 15.4 Å².